The molecule has 5 heterocycles. The van der Waals surface area contributed by atoms with Gasteiger partial charge in [0.1, 0.15) is 22.9 Å². The minimum atomic E-state index is -3.82. The first kappa shape index (κ1) is 48.1. The summed E-state index contributed by atoms with van der Waals surface area (Å²) >= 11 is 7.39. The van der Waals surface area contributed by atoms with Gasteiger partial charge >= 0.3 is 23.7 Å². The van der Waals surface area contributed by atoms with Gasteiger partial charge in [0.2, 0.25) is 21.8 Å². The Kier molecular flexibility index (Phi) is 13.6. The predicted octanol–water partition coefficient (Wildman–Crippen LogP) is 6.12. The van der Waals surface area contributed by atoms with Crippen LogP contribution in [0.25, 0.3) is 21.5 Å². The summed E-state index contributed by atoms with van der Waals surface area (Å²) in [4.78, 5) is 75.7. The number of carbonyl (C=O) groups is 5. The van der Waals surface area contributed by atoms with Crippen molar-refractivity contribution in [3.05, 3.63) is 92.7 Å². The monoisotopic (exact) mass is 991 g/mol. The summed E-state index contributed by atoms with van der Waals surface area (Å²) in [6.07, 6.45) is 2.23. The zero-order chi connectivity index (χ0) is 48.7. The second-order valence-electron chi connectivity index (χ2n) is 17.7. The third kappa shape index (κ3) is 10.2. The molecule has 22 heteroatoms. The molecule has 2 atom stereocenters. The number of rotatable bonds is 14. The second kappa shape index (κ2) is 19.3. The molecule has 5 N–H and O–H groups in total. The van der Waals surface area contributed by atoms with E-state index in [0.717, 1.165) is 11.3 Å². The van der Waals surface area contributed by atoms with E-state index in [-0.39, 0.29) is 70.6 Å². The van der Waals surface area contributed by atoms with E-state index in [2.05, 4.69) is 16.0 Å². The number of imidazole rings is 1. The van der Waals surface area contributed by atoms with E-state index in [1.807, 2.05) is 19.9 Å². The van der Waals surface area contributed by atoms with Crippen LogP contribution in [0.4, 0.5) is 16.2 Å². The number of hydrogen-bond acceptors (Lipinski definition) is 12. The molecule has 8 rings (SSSR count). The van der Waals surface area contributed by atoms with Gasteiger partial charge in [-0.25, -0.2) is 27.6 Å². The van der Waals surface area contributed by atoms with E-state index in [1.165, 1.54) is 13.4 Å². The number of nitrogens with one attached hydrogen (secondary N) is 3. The number of fused-ring (bicyclic) bond motifs is 1. The molecule has 3 fully saturated rings. The zero-order valence-corrected chi connectivity index (χ0v) is 39.7. The number of aromatic carboxylic acids is 1. The summed E-state index contributed by atoms with van der Waals surface area (Å²) in [6, 6.07) is 17.9. The lowest BCUT2D eigenvalue weighted by molar-refractivity contribution is -0.139. The van der Waals surface area contributed by atoms with Crippen LogP contribution in [-0.2, 0) is 37.2 Å². The Morgan fingerprint density at radius 2 is 1.66 bits per heavy atom. The molecular weight excluding hydrogens is 942 g/mol. The highest BCUT2D eigenvalue weighted by atomic mass is 35.5. The van der Waals surface area contributed by atoms with Crippen molar-refractivity contribution in [2.45, 2.75) is 81.9 Å². The molecule has 0 spiro atoms. The van der Waals surface area contributed by atoms with Gasteiger partial charge in [0.25, 0.3) is 0 Å². The number of ether oxygens (including phenoxy) is 2. The van der Waals surface area contributed by atoms with Crippen LogP contribution in [0.1, 0.15) is 73.6 Å². The fourth-order valence-electron chi connectivity index (χ4n) is 9.24. The number of benzene rings is 3. The lowest BCUT2D eigenvalue weighted by Gasteiger charge is -2.45. The Morgan fingerprint density at radius 3 is 2.37 bits per heavy atom. The zero-order valence-electron chi connectivity index (χ0n) is 37.3. The Hall–Kier alpha value is -6.42. The second-order valence-corrected chi connectivity index (χ2v) is 21.0. The van der Waals surface area contributed by atoms with E-state index in [9.17, 15) is 42.3 Å². The van der Waals surface area contributed by atoms with Crippen LogP contribution in [0, 0.1) is 0 Å². The average molecular weight is 993 g/mol. The molecule has 2 aromatic heterocycles. The molecule has 5 aromatic rings. The first-order valence-electron chi connectivity index (χ1n) is 21.9. The van der Waals surface area contributed by atoms with E-state index in [4.69, 9.17) is 26.2 Å². The van der Waals surface area contributed by atoms with Crippen LogP contribution in [-0.4, -0.2) is 111 Å². The Bertz CT molecular complexity index is 2990. The smallest absolute Gasteiger partial charge is 0.349 e. The maximum Gasteiger partial charge on any atom is 0.349 e. The number of anilines is 2. The maximum absolute atomic E-state index is 14.0. The summed E-state index contributed by atoms with van der Waals surface area (Å²) < 4.78 is 43.9. The molecule has 19 nitrogen and oxygen atoms in total. The normalized spacial score (nSPS) is 19.1. The van der Waals surface area contributed by atoms with Crippen LogP contribution in [0.5, 0.6) is 11.5 Å². The number of carboxylic acids is 2. The van der Waals surface area contributed by atoms with E-state index in [1.54, 1.807) is 72.6 Å². The van der Waals surface area contributed by atoms with Gasteiger partial charge in [0.05, 0.1) is 21.7 Å². The van der Waals surface area contributed by atoms with Crippen LogP contribution in [0.3, 0.4) is 0 Å². The molecule has 3 aromatic carbocycles. The summed E-state index contributed by atoms with van der Waals surface area (Å²) in [6.45, 7) is 4.07. The van der Waals surface area contributed by atoms with Gasteiger partial charge in [-0.2, -0.15) is 4.31 Å². The fraction of sp³-hybridized carbons (Fsp3) is 0.391. The van der Waals surface area contributed by atoms with Gasteiger partial charge in [-0.3, -0.25) is 24.0 Å². The highest BCUT2D eigenvalue weighted by Crippen LogP contribution is 2.46. The van der Waals surface area contributed by atoms with Crippen LogP contribution >= 0.6 is 22.9 Å². The number of nitrogens with zero attached hydrogens (tertiary/aromatic N) is 4. The number of thiophene rings is 1. The Labute approximate surface area is 399 Å². The molecule has 0 saturated carbocycles. The largest absolute Gasteiger partial charge is 0.490 e. The van der Waals surface area contributed by atoms with Gasteiger partial charge in [-0.05, 0) is 80.6 Å². The van der Waals surface area contributed by atoms with Crippen LogP contribution in [0.15, 0.2) is 71.5 Å². The standard InChI is InChI=1S/C46H50ClN7O12S2/c1-46(2)23-30(48-29-9-5-7-27(21-29)40-38(47)39(65-24-37(56)57)41(67-40)43(59)60)14-19-53(46)68(63,64)25-26-6-4-8-28(20-26)49-44(61)52-17-15-31(16-18-52)66-32-10-11-33-35(22-32)51(3)45(62)54(33)34-12-13-36(55)50-42(34)58/h4-11,20-22,30-31,34,48H,12-19,23-25H2,1-3H3,(H,49,61)(H,56,57)(H,59,60)(H,50,55,58)/t30-,34?/m0/s1. The molecule has 0 bridgehead atoms. The number of amides is 4. The molecule has 3 aliphatic rings. The molecule has 0 aliphatic carbocycles. The average Bonchev–Trinajstić information content (AvgIpc) is 3.74. The van der Waals surface area contributed by atoms with Crippen molar-refractivity contribution in [2.75, 3.05) is 36.9 Å². The first-order valence-corrected chi connectivity index (χ1v) is 24.7. The highest BCUT2D eigenvalue weighted by molar-refractivity contribution is 7.88. The molecule has 3 aliphatic heterocycles. The number of piperidine rings is 3. The van der Waals surface area contributed by atoms with Crippen molar-refractivity contribution in [2.24, 2.45) is 7.05 Å². The topological polar surface area (TPSA) is 248 Å². The van der Waals surface area contributed by atoms with Crippen molar-refractivity contribution in [1.29, 1.82) is 0 Å². The number of aliphatic carboxylic acids is 1. The lowest BCUT2D eigenvalue weighted by atomic mass is 9.89. The van der Waals surface area contributed by atoms with Crippen molar-refractivity contribution >= 4 is 85.2 Å². The number of sulfonamides is 1. The Balaban J connectivity index is 0.839. The van der Waals surface area contributed by atoms with Crippen molar-refractivity contribution in [1.82, 2.24) is 23.7 Å². The lowest BCUT2D eigenvalue weighted by Crippen LogP contribution is -2.55. The minimum Gasteiger partial charge on any atom is -0.490 e. The molecule has 4 amide bonds. The maximum atomic E-state index is 14.0. The molecule has 360 valence electrons. The van der Waals surface area contributed by atoms with Gasteiger partial charge in [-0.15, -0.1) is 11.3 Å². The Morgan fingerprint density at radius 1 is 0.926 bits per heavy atom. The van der Waals surface area contributed by atoms with Crippen LogP contribution < -0.4 is 31.1 Å². The molecular formula is C46H50ClN7O12S2. The summed E-state index contributed by atoms with van der Waals surface area (Å²) in [5.74, 6) is -3.39. The number of aromatic nitrogens is 2. The molecule has 68 heavy (non-hydrogen) atoms. The predicted molar refractivity (Wildman–Crippen MR) is 254 cm³/mol. The number of hydrogen-bond donors (Lipinski definition) is 5. The van der Waals surface area contributed by atoms with Crippen molar-refractivity contribution < 1.29 is 52.1 Å². The van der Waals surface area contributed by atoms with Crippen LogP contribution in [0.2, 0.25) is 5.02 Å². The van der Waals surface area contributed by atoms with E-state index in [0.29, 0.717) is 82.9 Å². The SMILES string of the molecule is Cn1c(=O)n(C2CCC(=O)NC2=O)c2ccc(OC3CCN(C(=O)Nc4cccc(CS(=O)(=O)N5CC[C@H](Nc6cccc(-c7sc(C(=O)O)c(OCC(=O)O)c7Cl)c6)CC5(C)C)c4)CC3)cc21. The third-order valence-corrected chi connectivity index (χ3v) is 16.1. The quantitative estimate of drug-likeness (QED) is 0.0788. The number of urea groups is 1. The number of carbonyl (C=O) groups excluding carboxylic acids is 3. The summed E-state index contributed by atoms with van der Waals surface area (Å²) in [5.41, 5.74) is 2.26. The van der Waals surface area contributed by atoms with Gasteiger partial charge in [0, 0.05) is 75.0 Å². The highest BCUT2D eigenvalue weighted by Gasteiger charge is 2.42. The minimum absolute atomic E-state index is 0.00571. The van der Waals surface area contributed by atoms with Gasteiger partial charge in [-0.1, -0.05) is 35.9 Å². The number of likely N-dealkylation sites (tertiary alicyclic amines) is 1. The van der Waals surface area contributed by atoms with Gasteiger partial charge in [0.15, 0.2) is 17.2 Å². The fourth-order valence-corrected chi connectivity index (χ4v) is 12.6. The van der Waals surface area contributed by atoms with E-state index >= 15 is 0 Å². The number of imide groups is 1. The number of carboxylic acid groups (broad SMARTS) is 2. The summed E-state index contributed by atoms with van der Waals surface area (Å²) in [5, 5.41) is 27.5. The first-order chi connectivity index (χ1) is 32.3. The van der Waals surface area contributed by atoms with E-state index < -0.39 is 46.1 Å². The van der Waals surface area contributed by atoms with Gasteiger partial charge < -0.3 is 35.2 Å². The summed E-state index contributed by atoms with van der Waals surface area (Å²) in [7, 11) is -2.20. The van der Waals surface area contributed by atoms with Crippen molar-refractivity contribution in [3.63, 3.8) is 0 Å². The number of halogens is 1. The van der Waals surface area contributed by atoms with Crippen molar-refractivity contribution in [3.8, 4) is 21.9 Å². The number of aryl methyl sites for hydroxylation is 1. The molecule has 1 unspecified atom stereocenters. The third-order valence-electron chi connectivity index (χ3n) is 12.4. The molecule has 3 saturated heterocycles. The molecule has 0 radical (unpaired) electrons.